The third-order valence-corrected chi connectivity index (χ3v) is 4.05. The lowest BCUT2D eigenvalue weighted by Crippen LogP contribution is -2.26. The van der Waals surface area contributed by atoms with Crippen LogP contribution in [0, 0.1) is 13.8 Å². The number of rotatable bonds is 3. The van der Waals surface area contributed by atoms with Crippen LogP contribution in [0.4, 0.5) is 11.6 Å². The van der Waals surface area contributed by atoms with Gasteiger partial charge in [-0.25, -0.2) is 9.97 Å². The molecule has 0 saturated carbocycles. The van der Waals surface area contributed by atoms with E-state index in [-0.39, 0.29) is 11.1 Å². The van der Waals surface area contributed by atoms with Crippen LogP contribution in [0.15, 0.2) is 47.5 Å². The third kappa shape index (κ3) is 4.68. The quantitative estimate of drug-likeness (QED) is 0.364. The Bertz CT molecular complexity index is 1020. The first kappa shape index (κ1) is 18.5. The second-order valence-corrected chi connectivity index (χ2v) is 6.32. The fourth-order valence-electron chi connectivity index (χ4n) is 2.48. The average Bonchev–Trinajstić information content (AvgIpc) is 2.63. The first-order valence-corrected chi connectivity index (χ1v) is 8.66. The number of nitrogens with one attached hydrogen (secondary N) is 2. The van der Waals surface area contributed by atoms with Crippen LogP contribution in [0.3, 0.4) is 0 Å². The van der Waals surface area contributed by atoms with E-state index in [9.17, 15) is 0 Å². The van der Waals surface area contributed by atoms with E-state index in [1.165, 1.54) is 0 Å². The molecule has 0 radical (unpaired) electrons. The highest BCUT2D eigenvalue weighted by atomic mass is 32.1. The van der Waals surface area contributed by atoms with Gasteiger partial charge in [0.25, 0.3) is 0 Å². The van der Waals surface area contributed by atoms with Gasteiger partial charge in [0.15, 0.2) is 0 Å². The Morgan fingerprint density at radius 1 is 1.07 bits per heavy atom. The van der Waals surface area contributed by atoms with E-state index in [0.29, 0.717) is 5.95 Å². The highest BCUT2D eigenvalue weighted by molar-refractivity contribution is 7.80. The van der Waals surface area contributed by atoms with Crippen LogP contribution in [0.5, 0.6) is 5.75 Å². The molecule has 1 aromatic heterocycles. The predicted molar refractivity (Wildman–Crippen MR) is 113 cm³/mol. The van der Waals surface area contributed by atoms with Crippen LogP contribution in [-0.2, 0) is 0 Å². The fraction of sp³-hybridized carbons (Fsp3) is 0.158. The molecule has 0 atom stereocenters. The zero-order valence-electron chi connectivity index (χ0n) is 15.3. The number of hydrogen-bond donors (Lipinski definition) is 3. The minimum atomic E-state index is 0.104. The molecule has 0 unspecified atom stereocenters. The van der Waals surface area contributed by atoms with Gasteiger partial charge in [-0.1, -0.05) is 17.7 Å². The SMILES string of the molecule is COc1ccc2nc(N/C(N)=N/C(=S)Nc3ccc(C)cc3)nc(C)c2c1. The minimum Gasteiger partial charge on any atom is -0.497 e. The number of anilines is 2. The van der Waals surface area contributed by atoms with Gasteiger partial charge < -0.3 is 15.8 Å². The zero-order chi connectivity index (χ0) is 19.4. The zero-order valence-corrected chi connectivity index (χ0v) is 16.1. The number of thiocarbonyl (C=S) groups is 1. The molecule has 0 saturated heterocycles. The van der Waals surface area contributed by atoms with Crippen molar-refractivity contribution in [2.75, 3.05) is 17.7 Å². The fourth-order valence-corrected chi connectivity index (χ4v) is 2.70. The second kappa shape index (κ2) is 7.96. The van der Waals surface area contributed by atoms with Gasteiger partial charge in [0, 0.05) is 11.1 Å². The van der Waals surface area contributed by atoms with Crippen molar-refractivity contribution in [3.8, 4) is 5.75 Å². The van der Waals surface area contributed by atoms with Crippen molar-refractivity contribution in [1.82, 2.24) is 9.97 Å². The van der Waals surface area contributed by atoms with E-state index in [2.05, 4.69) is 25.6 Å². The van der Waals surface area contributed by atoms with Crippen LogP contribution >= 0.6 is 12.2 Å². The molecule has 0 amide bonds. The predicted octanol–water partition coefficient (Wildman–Crippen LogP) is 3.38. The molecular weight excluding hydrogens is 360 g/mol. The van der Waals surface area contributed by atoms with Gasteiger partial charge in [-0.05, 0) is 56.4 Å². The normalized spacial score (nSPS) is 11.3. The topological polar surface area (TPSA) is 97.5 Å². The molecule has 0 spiro atoms. The summed E-state index contributed by atoms with van der Waals surface area (Å²) in [5.74, 6) is 1.21. The molecular formula is C19H20N6OS. The van der Waals surface area contributed by atoms with E-state index in [4.69, 9.17) is 22.7 Å². The maximum absolute atomic E-state index is 5.94. The summed E-state index contributed by atoms with van der Waals surface area (Å²) in [7, 11) is 1.62. The van der Waals surface area contributed by atoms with Crippen LogP contribution in [0.25, 0.3) is 10.9 Å². The molecule has 0 fully saturated rings. The number of ether oxygens (including phenoxy) is 1. The molecule has 0 bridgehead atoms. The lowest BCUT2D eigenvalue weighted by atomic mass is 10.2. The molecule has 138 valence electrons. The molecule has 2 aromatic carbocycles. The molecule has 27 heavy (non-hydrogen) atoms. The van der Waals surface area contributed by atoms with E-state index in [0.717, 1.165) is 33.6 Å². The molecule has 0 aliphatic carbocycles. The van der Waals surface area contributed by atoms with E-state index in [1.807, 2.05) is 56.3 Å². The largest absolute Gasteiger partial charge is 0.497 e. The first-order chi connectivity index (χ1) is 12.9. The van der Waals surface area contributed by atoms with Gasteiger partial charge in [0.2, 0.25) is 17.0 Å². The summed E-state index contributed by atoms with van der Waals surface area (Å²) in [5.41, 5.74) is 9.52. The summed E-state index contributed by atoms with van der Waals surface area (Å²) in [4.78, 5) is 13.0. The highest BCUT2D eigenvalue weighted by Crippen LogP contribution is 2.22. The maximum atomic E-state index is 5.94. The van der Waals surface area contributed by atoms with E-state index in [1.54, 1.807) is 7.11 Å². The average molecular weight is 380 g/mol. The maximum Gasteiger partial charge on any atom is 0.230 e. The number of aliphatic imine (C=N–C) groups is 1. The smallest absolute Gasteiger partial charge is 0.230 e. The summed E-state index contributed by atoms with van der Waals surface area (Å²) in [6, 6.07) is 13.4. The van der Waals surface area contributed by atoms with E-state index >= 15 is 0 Å². The number of aromatic nitrogens is 2. The third-order valence-electron chi connectivity index (χ3n) is 3.86. The van der Waals surface area contributed by atoms with Crippen molar-refractivity contribution in [1.29, 1.82) is 0 Å². The Balaban J connectivity index is 1.74. The van der Waals surface area contributed by atoms with Gasteiger partial charge in [-0.3, -0.25) is 5.32 Å². The van der Waals surface area contributed by atoms with Gasteiger partial charge >= 0.3 is 0 Å². The molecule has 7 nitrogen and oxygen atoms in total. The lowest BCUT2D eigenvalue weighted by molar-refractivity contribution is 0.415. The number of methoxy groups -OCH3 is 1. The number of aryl methyl sites for hydroxylation is 2. The number of benzene rings is 2. The Labute approximate surface area is 162 Å². The van der Waals surface area contributed by atoms with E-state index < -0.39 is 0 Å². The van der Waals surface area contributed by atoms with Gasteiger partial charge in [0.05, 0.1) is 18.3 Å². The lowest BCUT2D eigenvalue weighted by Gasteiger charge is -2.09. The number of guanidine groups is 1. The van der Waals surface area contributed by atoms with Crippen LogP contribution in [0.2, 0.25) is 0 Å². The molecule has 4 N–H and O–H groups in total. The van der Waals surface area contributed by atoms with Crippen molar-refractivity contribution in [2.45, 2.75) is 13.8 Å². The number of fused-ring (bicyclic) bond motifs is 1. The van der Waals surface area contributed by atoms with Crippen molar-refractivity contribution in [3.63, 3.8) is 0 Å². The number of nitrogens with two attached hydrogens (primary N) is 1. The standard InChI is InChI=1S/C19H20N6OS/c1-11-4-6-13(7-5-11)22-19(27)25-17(20)24-18-21-12(2)15-10-14(26-3)8-9-16(15)23-18/h4-10H,1-3H3,(H4,20,21,22,23,24,25,27). The summed E-state index contributed by atoms with van der Waals surface area (Å²) in [5, 5.41) is 7.04. The van der Waals surface area contributed by atoms with Gasteiger partial charge in [0.1, 0.15) is 5.75 Å². The molecule has 0 aliphatic rings. The van der Waals surface area contributed by atoms with Gasteiger partial charge in [-0.15, -0.1) is 0 Å². The Morgan fingerprint density at radius 2 is 1.81 bits per heavy atom. The number of hydrogen-bond acceptors (Lipinski definition) is 4. The first-order valence-electron chi connectivity index (χ1n) is 8.26. The molecule has 1 heterocycles. The Hall–Kier alpha value is -3.26. The van der Waals surface area contributed by atoms with Crippen molar-refractivity contribution in [3.05, 3.63) is 53.7 Å². The molecule has 3 aromatic rings. The second-order valence-electron chi connectivity index (χ2n) is 5.93. The highest BCUT2D eigenvalue weighted by Gasteiger charge is 2.07. The van der Waals surface area contributed by atoms with Crippen LogP contribution in [0.1, 0.15) is 11.3 Å². The van der Waals surface area contributed by atoms with Crippen molar-refractivity contribution < 1.29 is 4.74 Å². The Morgan fingerprint density at radius 3 is 2.52 bits per heavy atom. The monoisotopic (exact) mass is 380 g/mol. The minimum absolute atomic E-state index is 0.104. The summed E-state index contributed by atoms with van der Waals surface area (Å²) in [6.45, 7) is 3.91. The van der Waals surface area contributed by atoms with Crippen LogP contribution in [-0.4, -0.2) is 28.1 Å². The summed E-state index contributed by atoms with van der Waals surface area (Å²) in [6.07, 6.45) is 0. The molecule has 8 heteroatoms. The summed E-state index contributed by atoms with van der Waals surface area (Å²) < 4.78 is 5.24. The summed E-state index contributed by atoms with van der Waals surface area (Å²) >= 11 is 5.22. The molecule has 3 rings (SSSR count). The number of nitrogens with zero attached hydrogens (tertiary/aromatic N) is 3. The Kier molecular flexibility index (Phi) is 5.46. The van der Waals surface area contributed by atoms with Crippen molar-refractivity contribution in [2.24, 2.45) is 10.7 Å². The molecule has 0 aliphatic heterocycles. The van der Waals surface area contributed by atoms with Crippen LogP contribution < -0.4 is 21.1 Å². The van der Waals surface area contributed by atoms with Gasteiger partial charge in [-0.2, -0.15) is 4.99 Å². The van der Waals surface area contributed by atoms with Crippen molar-refractivity contribution >= 4 is 45.8 Å².